The number of piperidine rings is 1. The summed E-state index contributed by atoms with van der Waals surface area (Å²) < 4.78 is 10.9. The van der Waals surface area contributed by atoms with Crippen LogP contribution in [-0.4, -0.2) is 42.0 Å². The van der Waals surface area contributed by atoms with Gasteiger partial charge in [-0.15, -0.1) is 0 Å². The van der Waals surface area contributed by atoms with Crippen LogP contribution in [-0.2, 0) is 12.8 Å². The van der Waals surface area contributed by atoms with Gasteiger partial charge in [0, 0.05) is 18.5 Å². The van der Waals surface area contributed by atoms with Crippen LogP contribution in [0.1, 0.15) is 29.0 Å². The van der Waals surface area contributed by atoms with E-state index in [-0.39, 0.29) is 12.0 Å². The summed E-state index contributed by atoms with van der Waals surface area (Å²) in [6.07, 6.45) is 2.86. The molecule has 130 valence electrons. The standard InChI is InChI=1S/C21H23NO3/c23-19-12-22(17-9-14-3-1-2-4-15(14)10-17)8-7-18(19)16-5-6-20-21(11-16)25-13-24-20/h1-6,11,17-19,23H,7-10,12-13H2/t18-,19+/m0/s1. The number of nitrogens with zero attached hydrogens (tertiary/aromatic N) is 1. The third-order valence-electron chi connectivity index (χ3n) is 5.98. The van der Waals surface area contributed by atoms with Gasteiger partial charge >= 0.3 is 0 Å². The number of hydrogen-bond acceptors (Lipinski definition) is 4. The van der Waals surface area contributed by atoms with Crippen LogP contribution in [0.15, 0.2) is 42.5 Å². The predicted octanol–water partition coefficient (Wildman–Crippen LogP) is 2.73. The largest absolute Gasteiger partial charge is 0.454 e. The van der Waals surface area contributed by atoms with Crippen molar-refractivity contribution in [2.24, 2.45) is 0 Å². The van der Waals surface area contributed by atoms with Crippen molar-refractivity contribution in [3.63, 3.8) is 0 Å². The van der Waals surface area contributed by atoms with Crippen LogP contribution < -0.4 is 9.47 Å². The van der Waals surface area contributed by atoms with E-state index in [9.17, 15) is 5.11 Å². The Balaban J connectivity index is 1.28. The maximum Gasteiger partial charge on any atom is 0.231 e. The SMILES string of the molecule is O[C@@H]1CN(C2Cc3ccccc3C2)CC[C@H]1c1ccc2c(c1)OCO2. The molecule has 2 aliphatic heterocycles. The minimum atomic E-state index is -0.335. The van der Waals surface area contributed by atoms with Crippen LogP contribution in [0, 0.1) is 0 Å². The number of fused-ring (bicyclic) bond motifs is 2. The van der Waals surface area contributed by atoms with Gasteiger partial charge in [0.15, 0.2) is 11.5 Å². The predicted molar refractivity (Wildman–Crippen MR) is 95.1 cm³/mol. The average Bonchev–Trinajstić information content (AvgIpc) is 3.27. The van der Waals surface area contributed by atoms with Gasteiger partial charge in [0.05, 0.1) is 6.10 Å². The Bertz CT molecular complexity index is 765. The molecule has 1 fully saturated rings. The third kappa shape index (κ3) is 2.70. The van der Waals surface area contributed by atoms with Gasteiger partial charge in [0.2, 0.25) is 6.79 Å². The highest BCUT2D eigenvalue weighted by Crippen LogP contribution is 2.38. The van der Waals surface area contributed by atoms with E-state index >= 15 is 0 Å². The van der Waals surface area contributed by atoms with Crippen LogP contribution in [0.25, 0.3) is 0 Å². The van der Waals surface area contributed by atoms with Gasteiger partial charge in [-0.2, -0.15) is 0 Å². The molecular weight excluding hydrogens is 314 g/mol. The Morgan fingerprint density at radius 3 is 2.48 bits per heavy atom. The van der Waals surface area contributed by atoms with Gasteiger partial charge in [-0.05, 0) is 54.6 Å². The van der Waals surface area contributed by atoms with Gasteiger partial charge in [-0.25, -0.2) is 0 Å². The van der Waals surface area contributed by atoms with Crippen molar-refractivity contribution < 1.29 is 14.6 Å². The molecule has 0 aromatic heterocycles. The molecule has 0 amide bonds. The fourth-order valence-corrected chi connectivity index (χ4v) is 4.61. The van der Waals surface area contributed by atoms with Crippen molar-refractivity contribution in [3.05, 3.63) is 59.2 Å². The normalized spacial score (nSPS) is 26.0. The number of aliphatic hydroxyl groups is 1. The van der Waals surface area contributed by atoms with Crippen molar-refractivity contribution in [1.82, 2.24) is 4.90 Å². The molecule has 0 unspecified atom stereocenters. The topological polar surface area (TPSA) is 41.9 Å². The lowest BCUT2D eigenvalue weighted by Crippen LogP contribution is -2.48. The Hall–Kier alpha value is -2.04. The first kappa shape index (κ1) is 15.2. The molecule has 2 heterocycles. The summed E-state index contributed by atoms with van der Waals surface area (Å²) in [6, 6.07) is 15.3. The summed E-state index contributed by atoms with van der Waals surface area (Å²) >= 11 is 0. The van der Waals surface area contributed by atoms with Gasteiger partial charge in [-0.3, -0.25) is 4.90 Å². The molecule has 1 N–H and O–H groups in total. The summed E-state index contributed by atoms with van der Waals surface area (Å²) in [6.45, 7) is 2.08. The number of hydrogen-bond donors (Lipinski definition) is 1. The summed E-state index contributed by atoms with van der Waals surface area (Å²) in [5.41, 5.74) is 4.10. The quantitative estimate of drug-likeness (QED) is 0.915. The van der Waals surface area contributed by atoms with Gasteiger partial charge in [0.25, 0.3) is 0 Å². The van der Waals surface area contributed by atoms with E-state index in [0.717, 1.165) is 49.4 Å². The molecule has 4 heteroatoms. The van der Waals surface area contributed by atoms with Crippen LogP contribution >= 0.6 is 0 Å². The van der Waals surface area contributed by atoms with Crippen molar-refractivity contribution in [2.45, 2.75) is 37.3 Å². The molecule has 25 heavy (non-hydrogen) atoms. The molecule has 0 radical (unpaired) electrons. The molecule has 2 aromatic rings. The van der Waals surface area contributed by atoms with E-state index in [0.29, 0.717) is 12.8 Å². The first-order valence-corrected chi connectivity index (χ1v) is 9.16. The highest BCUT2D eigenvalue weighted by Gasteiger charge is 2.35. The summed E-state index contributed by atoms with van der Waals surface area (Å²) in [5, 5.41) is 10.8. The second kappa shape index (κ2) is 6.04. The van der Waals surface area contributed by atoms with E-state index in [2.05, 4.69) is 35.2 Å². The fraction of sp³-hybridized carbons (Fsp3) is 0.429. The number of β-amino-alcohol motifs (C(OH)–C–C–N with tert-alkyl or cyclic N) is 1. The highest BCUT2D eigenvalue weighted by atomic mass is 16.7. The second-order valence-corrected chi connectivity index (χ2v) is 7.40. The van der Waals surface area contributed by atoms with Crippen molar-refractivity contribution in [3.8, 4) is 11.5 Å². The molecule has 4 nitrogen and oxygen atoms in total. The molecular formula is C21H23NO3. The van der Waals surface area contributed by atoms with Crippen molar-refractivity contribution >= 4 is 0 Å². The maximum absolute atomic E-state index is 10.8. The van der Waals surface area contributed by atoms with E-state index in [1.807, 2.05) is 12.1 Å². The van der Waals surface area contributed by atoms with Crippen molar-refractivity contribution in [2.75, 3.05) is 19.9 Å². The van der Waals surface area contributed by atoms with Crippen LogP contribution in [0.5, 0.6) is 11.5 Å². The Kier molecular flexibility index (Phi) is 3.68. The zero-order chi connectivity index (χ0) is 16.8. The lowest BCUT2D eigenvalue weighted by Gasteiger charge is -2.39. The molecule has 2 aromatic carbocycles. The fourth-order valence-electron chi connectivity index (χ4n) is 4.61. The second-order valence-electron chi connectivity index (χ2n) is 7.40. The first-order chi connectivity index (χ1) is 12.3. The minimum Gasteiger partial charge on any atom is -0.454 e. The lowest BCUT2D eigenvalue weighted by molar-refractivity contribution is 0.0315. The van der Waals surface area contributed by atoms with Crippen LogP contribution in [0.2, 0.25) is 0 Å². The molecule has 0 saturated carbocycles. The smallest absolute Gasteiger partial charge is 0.231 e. The van der Waals surface area contributed by atoms with E-state index < -0.39 is 0 Å². The number of ether oxygens (including phenoxy) is 2. The molecule has 3 aliphatic rings. The molecule has 0 bridgehead atoms. The monoisotopic (exact) mass is 337 g/mol. The van der Waals surface area contributed by atoms with E-state index in [1.165, 1.54) is 11.1 Å². The number of aliphatic hydroxyl groups excluding tert-OH is 1. The average molecular weight is 337 g/mol. The van der Waals surface area contributed by atoms with E-state index in [4.69, 9.17) is 9.47 Å². The van der Waals surface area contributed by atoms with Crippen LogP contribution in [0.3, 0.4) is 0 Å². The van der Waals surface area contributed by atoms with E-state index in [1.54, 1.807) is 0 Å². The minimum absolute atomic E-state index is 0.175. The van der Waals surface area contributed by atoms with Gasteiger partial charge in [-0.1, -0.05) is 30.3 Å². The summed E-state index contributed by atoms with van der Waals surface area (Å²) in [4.78, 5) is 2.48. The third-order valence-corrected chi connectivity index (χ3v) is 5.98. The Morgan fingerprint density at radius 2 is 1.72 bits per heavy atom. The number of likely N-dealkylation sites (tertiary alicyclic amines) is 1. The Labute approximate surface area is 148 Å². The Morgan fingerprint density at radius 1 is 0.960 bits per heavy atom. The zero-order valence-corrected chi connectivity index (χ0v) is 14.2. The van der Waals surface area contributed by atoms with Crippen molar-refractivity contribution in [1.29, 1.82) is 0 Å². The zero-order valence-electron chi connectivity index (χ0n) is 14.2. The number of benzene rings is 2. The molecule has 1 aliphatic carbocycles. The van der Waals surface area contributed by atoms with Gasteiger partial charge in [0.1, 0.15) is 0 Å². The molecule has 2 atom stereocenters. The van der Waals surface area contributed by atoms with Crippen LogP contribution in [0.4, 0.5) is 0 Å². The summed E-state index contributed by atoms with van der Waals surface area (Å²) in [7, 11) is 0. The molecule has 1 saturated heterocycles. The van der Waals surface area contributed by atoms with Gasteiger partial charge < -0.3 is 14.6 Å². The molecule has 0 spiro atoms. The number of rotatable bonds is 2. The summed E-state index contributed by atoms with van der Waals surface area (Å²) in [5.74, 6) is 1.78. The lowest BCUT2D eigenvalue weighted by atomic mass is 9.86. The first-order valence-electron chi connectivity index (χ1n) is 9.16. The maximum atomic E-state index is 10.8. The highest BCUT2D eigenvalue weighted by molar-refractivity contribution is 5.45. The molecule has 5 rings (SSSR count).